The standard InChI is InChI=1S/C19H16N4O3S/c24-16-9-8-14(22-19(26)23-16)17(25)20-12-5-3-4-11(10-12)18-21-13-6-1-2-7-15(13)27-18/h1-7,10,14H,8-9H2,(H,20,25)(H2,22,23,24,26)/t14-/m0/s1. The van der Waals surface area contributed by atoms with E-state index in [-0.39, 0.29) is 24.7 Å². The van der Waals surface area contributed by atoms with Crippen LogP contribution in [0.1, 0.15) is 12.8 Å². The van der Waals surface area contributed by atoms with Crippen molar-refractivity contribution in [1.29, 1.82) is 0 Å². The van der Waals surface area contributed by atoms with Gasteiger partial charge in [-0.3, -0.25) is 14.9 Å². The Morgan fingerprint density at radius 1 is 1.15 bits per heavy atom. The van der Waals surface area contributed by atoms with Gasteiger partial charge >= 0.3 is 6.03 Å². The van der Waals surface area contributed by atoms with Crippen LogP contribution in [0.4, 0.5) is 10.5 Å². The molecule has 136 valence electrons. The molecule has 1 atom stereocenters. The fourth-order valence-electron chi connectivity index (χ4n) is 2.88. The molecule has 3 aromatic rings. The second kappa shape index (κ2) is 7.16. The Labute approximate surface area is 158 Å². The molecule has 0 radical (unpaired) electrons. The summed E-state index contributed by atoms with van der Waals surface area (Å²) in [4.78, 5) is 40.1. The van der Waals surface area contributed by atoms with E-state index in [1.54, 1.807) is 17.4 Å². The molecule has 0 aliphatic carbocycles. The Kier molecular flexibility index (Phi) is 4.55. The van der Waals surface area contributed by atoms with E-state index in [4.69, 9.17) is 0 Å². The first kappa shape index (κ1) is 17.2. The van der Waals surface area contributed by atoms with E-state index in [1.165, 1.54) is 0 Å². The normalized spacial score (nSPS) is 17.1. The third-order valence-electron chi connectivity index (χ3n) is 4.21. The third-order valence-corrected chi connectivity index (χ3v) is 5.29. The molecule has 2 heterocycles. The van der Waals surface area contributed by atoms with E-state index in [9.17, 15) is 14.4 Å². The van der Waals surface area contributed by atoms with E-state index < -0.39 is 12.1 Å². The van der Waals surface area contributed by atoms with Crippen LogP contribution in [0.3, 0.4) is 0 Å². The van der Waals surface area contributed by atoms with Crippen molar-refractivity contribution >= 4 is 45.1 Å². The van der Waals surface area contributed by atoms with Gasteiger partial charge in [-0.05, 0) is 30.7 Å². The number of carbonyl (C=O) groups excluding carboxylic acids is 3. The maximum Gasteiger partial charge on any atom is 0.322 e. The summed E-state index contributed by atoms with van der Waals surface area (Å²) < 4.78 is 1.10. The highest BCUT2D eigenvalue weighted by Crippen LogP contribution is 2.31. The molecule has 8 heteroatoms. The second-order valence-electron chi connectivity index (χ2n) is 6.17. The number of hydrogen-bond acceptors (Lipinski definition) is 5. The van der Waals surface area contributed by atoms with E-state index in [1.807, 2.05) is 42.5 Å². The molecule has 1 saturated heterocycles. The van der Waals surface area contributed by atoms with Gasteiger partial charge in [-0.25, -0.2) is 9.78 Å². The zero-order valence-corrected chi connectivity index (χ0v) is 15.0. The van der Waals surface area contributed by atoms with Crippen molar-refractivity contribution in [1.82, 2.24) is 15.6 Å². The summed E-state index contributed by atoms with van der Waals surface area (Å²) in [5, 5.41) is 8.33. The van der Waals surface area contributed by atoms with Crippen LogP contribution < -0.4 is 16.0 Å². The lowest BCUT2D eigenvalue weighted by Crippen LogP contribution is -2.46. The molecule has 2 aromatic carbocycles. The van der Waals surface area contributed by atoms with Crippen LogP contribution in [0.2, 0.25) is 0 Å². The molecule has 1 aliphatic rings. The zero-order valence-electron chi connectivity index (χ0n) is 14.2. The Morgan fingerprint density at radius 2 is 2.00 bits per heavy atom. The van der Waals surface area contributed by atoms with Gasteiger partial charge < -0.3 is 10.6 Å². The maximum absolute atomic E-state index is 12.5. The second-order valence-corrected chi connectivity index (χ2v) is 7.20. The number of thiazole rings is 1. The number of hydrogen-bond donors (Lipinski definition) is 3. The van der Waals surface area contributed by atoms with Crippen molar-refractivity contribution in [3.63, 3.8) is 0 Å². The number of imide groups is 1. The summed E-state index contributed by atoms with van der Waals surface area (Å²) in [6, 6.07) is 13.9. The first-order chi connectivity index (χ1) is 13.1. The molecule has 0 unspecified atom stereocenters. The predicted octanol–water partition coefficient (Wildman–Crippen LogP) is 2.89. The number of anilines is 1. The third kappa shape index (κ3) is 3.80. The van der Waals surface area contributed by atoms with E-state index >= 15 is 0 Å². The number of aromatic nitrogens is 1. The van der Waals surface area contributed by atoms with Crippen molar-refractivity contribution in [2.45, 2.75) is 18.9 Å². The molecule has 0 saturated carbocycles. The quantitative estimate of drug-likeness (QED) is 0.650. The van der Waals surface area contributed by atoms with Crippen LogP contribution >= 0.6 is 11.3 Å². The molecule has 4 amide bonds. The van der Waals surface area contributed by atoms with Crippen LogP contribution in [-0.4, -0.2) is 28.9 Å². The number of benzene rings is 2. The van der Waals surface area contributed by atoms with Gasteiger partial charge in [0.15, 0.2) is 0 Å². The van der Waals surface area contributed by atoms with Gasteiger partial charge in [0.2, 0.25) is 11.8 Å². The van der Waals surface area contributed by atoms with Crippen LogP contribution in [0.5, 0.6) is 0 Å². The first-order valence-corrected chi connectivity index (χ1v) is 9.27. The summed E-state index contributed by atoms with van der Waals surface area (Å²) >= 11 is 1.58. The van der Waals surface area contributed by atoms with Gasteiger partial charge in [0.25, 0.3) is 0 Å². The number of nitrogens with zero attached hydrogens (tertiary/aromatic N) is 1. The number of urea groups is 1. The molecule has 0 spiro atoms. The summed E-state index contributed by atoms with van der Waals surface area (Å²) in [6.45, 7) is 0. The highest BCUT2D eigenvalue weighted by molar-refractivity contribution is 7.21. The lowest BCUT2D eigenvalue weighted by atomic mass is 10.1. The van der Waals surface area contributed by atoms with E-state index in [0.717, 1.165) is 20.8 Å². The number of amides is 4. The molecule has 1 fully saturated rings. The fourth-order valence-corrected chi connectivity index (χ4v) is 3.84. The number of carbonyl (C=O) groups is 3. The summed E-state index contributed by atoms with van der Waals surface area (Å²) in [5.41, 5.74) is 2.44. The van der Waals surface area contributed by atoms with Gasteiger partial charge in [-0.2, -0.15) is 0 Å². The van der Waals surface area contributed by atoms with Crippen molar-refractivity contribution in [3.05, 3.63) is 48.5 Å². The minimum atomic E-state index is -0.762. The molecule has 27 heavy (non-hydrogen) atoms. The van der Waals surface area contributed by atoms with Crippen LogP contribution in [0.15, 0.2) is 48.5 Å². The van der Waals surface area contributed by atoms with Gasteiger partial charge in [0.05, 0.1) is 10.2 Å². The first-order valence-electron chi connectivity index (χ1n) is 8.46. The van der Waals surface area contributed by atoms with Crippen LogP contribution in [0.25, 0.3) is 20.8 Å². The Balaban J connectivity index is 1.53. The lowest BCUT2D eigenvalue weighted by Gasteiger charge is -2.15. The minimum Gasteiger partial charge on any atom is -0.326 e. The molecular weight excluding hydrogens is 364 g/mol. The maximum atomic E-state index is 12.5. The molecule has 3 N–H and O–H groups in total. The largest absolute Gasteiger partial charge is 0.326 e. The fraction of sp³-hybridized carbons (Fsp3) is 0.158. The van der Waals surface area contributed by atoms with E-state index in [0.29, 0.717) is 5.69 Å². The van der Waals surface area contributed by atoms with Crippen molar-refractivity contribution in [2.24, 2.45) is 0 Å². The molecule has 1 aromatic heterocycles. The number of para-hydroxylation sites is 1. The van der Waals surface area contributed by atoms with E-state index in [2.05, 4.69) is 20.9 Å². The van der Waals surface area contributed by atoms with Gasteiger partial charge in [0.1, 0.15) is 11.0 Å². The summed E-state index contributed by atoms with van der Waals surface area (Å²) in [7, 11) is 0. The average molecular weight is 380 g/mol. The molecular formula is C19H16N4O3S. The minimum absolute atomic E-state index is 0.114. The Hall–Kier alpha value is -3.26. The summed E-state index contributed by atoms with van der Waals surface area (Å²) in [6.07, 6.45) is 0.365. The summed E-state index contributed by atoms with van der Waals surface area (Å²) in [5.74, 6) is -0.748. The SMILES string of the molecule is O=C1CC[C@@H](C(=O)Nc2cccc(-c3nc4ccccc4s3)c2)NC(=O)N1. The van der Waals surface area contributed by atoms with Gasteiger partial charge in [-0.1, -0.05) is 24.3 Å². The highest BCUT2D eigenvalue weighted by Gasteiger charge is 2.26. The molecule has 1 aliphatic heterocycles. The predicted molar refractivity (Wildman–Crippen MR) is 103 cm³/mol. The van der Waals surface area contributed by atoms with Gasteiger partial charge in [-0.15, -0.1) is 11.3 Å². The number of nitrogens with one attached hydrogen (secondary N) is 3. The van der Waals surface area contributed by atoms with Crippen molar-refractivity contribution in [3.8, 4) is 10.6 Å². The van der Waals surface area contributed by atoms with Crippen LogP contribution in [-0.2, 0) is 9.59 Å². The lowest BCUT2D eigenvalue weighted by molar-refractivity contribution is -0.120. The number of rotatable bonds is 3. The Bertz CT molecular complexity index is 1010. The molecule has 0 bridgehead atoms. The van der Waals surface area contributed by atoms with Crippen molar-refractivity contribution < 1.29 is 14.4 Å². The number of fused-ring (bicyclic) bond motifs is 1. The van der Waals surface area contributed by atoms with Crippen LogP contribution in [0, 0.1) is 0 Å². The highest BCUT2D eigenvalue weighted by atomic mass is 32.1. The Morgan fingerprint density at radius 3 is 2.85 bits per heavy atom. The smallest absolute Gasteiger partial charge is 0.322 e. The molecule has 7 nitrogen and oxygen atoms in total. The van der Waals surface area contributed by atoms with Crippen molar-refractivity contribution in [2.75, 3.05) is 5.32 Å². The molecule has 4 rings (SSSR count). The zero-order chi connectivity index (χ0) is 18.8. The topological polar surface area (TPSA) is 100 Å². The monoisotopic (exact) mass is 380 g/mol. The average Bonchev–Trinajstić information content (AvgIpc) is 3.01. The van der Waals surface area contributed by atoms with Gasteiger partial charge in [0, 0.05) is 17.7 Å².